The van der Waals surface area contributed by atoms with Crippen LogP contribution in [0.2, 0.25) is 0 Å². The molecule has 2 bridgehead atoms. The highest BCUT2D eigenvalue weighted by atomic mass is 16.7. The molecule has 22 heavy (non-hydrogen) atoms. The predicted octanol–water partition coefficient (Wildman–Crippen LogP) is 1.53. The van der Waals surface area contributed by atoms with Gasteiger partial charge in [-0.3, -0.25) is 4.90 Å². The zero-order valence-electron chi connectivity index (χ0n) is 12.5. The second kappa shape index (κ2) is 4.25. The third kappa shape index (κ3) is 1.49. The molecule has 1 aliphatic carbocycles. The molecule has 5 nitrogen and oxygen atoms in total. The molecule has 1 aromatic carbocycles. The summed E-state index contributed by atoms with van der Waals surface area (Å²) in [6, 6.07) is 4.49. The summed E-state index contributed by atoms with van der Waals surface area (Å²) >= 11 is 0. The molecule has 0 saturated carbocycles. The predicted molar refractivity (Wildman–Crippen MR) is 78.8 cm³/mol. The molecule has 0 aromatic heterocycles. The Labute approximate surface area is 129 Å². The van der Waals surface area contributed by atoms with Crippen molar-refractivity contribution in [3.8, 4) is 11.5 Å². The van der Waals surface area contributed by atoms with E-state index in [0.29, 0.717) is 6.79 Å². The van der Waals surface area contributed by atoms with E-state index in [-0.39, 0.29) is 17.6 Å². The molecule has 2 unspecified atom stereocenters. The molecule has 116 valence electrons. The first-order valence-electron chi connectivity index (χ1n) is 7.80. The lowest BCUT2D eigenvalue weighted by Crippen LogP contribution is -2.50. The van der Waals surface area contributed by atoms with E-state index in [1.807, 2.05) is 0 Å². The molecule has 0 radical (unpaired) electrons. The van der Waals surface area contributed by atoms with Crippen molar-refractivity contribution in [1.82, 2.24) is 4.90 Å². The number of aliphatic hydroxyl groups excluding tert-OH is 1. The molecule has 1 saturated heterocycles. The second-order valence-electron chi connectivity index (χ2n) is 6.64. The SMILES string of the molecule is CO[C@@H]1C=C[C@@]23CC(O)N(Cc4cc5c(cc42)OCO5)[C@@H]3C1. The maximum atomic E-state index is 10.6. The van der Waals surface area contributed by atoms with Crippen molar-refractivity contribution < 1.29 is 19.3 Å². The van der Waals surface area contributed by atoms with Crippen LogP contribution in [0.25, 0.3) is 0 Å². The molecule has 4 aliphatic rings. The van der Waals surface area contributed by atoms with Crippen LogP contribution >= 0.6 is 0 Å². The first kappa shape index (κ1) is 12.9. The molecule has 1 aromatic rings. The summed E-state index contributed by atoms with van der Waals surface area (Å²) in [7, 11) is 1.75. The van der Waals surface area contributed by atoms with Gasteiger partial charge in [0.15, 0.2) is 11.5 Å². The molecule has 0 spiro atoms. The van der Waals surface area contributed by atoms with Crippen molar-refractivity contribution in [3.63, 3.8) is 0 Å². The van der Waals surface area contributed by atoms with Gasteiger partial charge in [0.25, 0.3) is 0 Å². The lowest BCUT2D eigenvalue weighted by atomic mass is 9.66. The molecule has 1 N–H and O–H groups in total. The standard InChI is InChI=1S/C17H19NO4/c1-20-11-2-3-17-7-16(19)18(15(17)5-11)8-10-4-13-14(6-12(10)17)22-9-21-13/h2-4,6,11,15-16,19H,5,7-9H2,1H3/t11-,15-,16?,17-/m1/s1. The van der Waals surface area contributed by atoms with E-state index < -0.39 is 6.23 Å². The average molecular weight is 301 g/mol. The Kier molecular flexibility index (Phi) is 2.50. The van der Waals surface area contributed by atoms with Crippen LogP contribution in [0.4, 0.5) is 0 Å². The van der Waals surface area contributed by atoms with E-state index >= 15 is 0 Å². The molecule has 5 rings (SSSR count). The van der Waals surface area contributed by atoms with Gasteiger partial charge in [0.05, 0.1) is 6.10 Å². The number of fused-ring (bicyclic) bond motifs is 2. The Hall–Kier alpha value is -1.56. The van der Waals surface area contributed by atoms with Gasteiger partial charge in [-0.25, -0.2) is 0 Å². The Balaban J connectivity index is 1.70. The quantitative estimate of drug-likeness (QED) is 0.797. The maximum absolute atomic E-state index is 10.6. The van der Waals surface area contributed by atoms with E-state index in [0.717, 1.165) is 30.9 Å². The summed E-state index contributed by atoms with van der Waals surface area (Å²) < 4.78 is 16.6. The molecule has 5 atom stereocenters. The van der Waals surface area contributed by atoms with Crippen LogP contribution in [0.3, 0.4) is 0 Å². The Morgan fingerprint density at radius 3 is 2.95 bits per heavy atom. The summed E-state index contributed by atoms with van der Waals surface area (Å²) in [6.07, 6.45) is 5.76. The van der Waals surface area contributed by atoms with Crippen LogP contribution in [0, 0.1) is 0 Å². The fourth-order valence-corrected chi connectivity index (χ4v) is 4.68. The molecule has 3 heterocycles. The van der Waals surface area contributed by atoms with Gasteiger partial charge in [-0.2, -0.15) is 0 Å². The van der Waals surface area contributed by atoms with Crippen molar-refractivity contribution in [2.75, 3.05) is 13.9 Å². The Bertz CT molecular complexity index is 673. The molecule has 5 heteroatoms. The van der Waals surface area contributed by atoms with Crippen LogP contribution in [0.5, 0.6) is 11.5 Å². The first-order chi connectivity index (χ1) is 10.7. The first-order valence-corrected chi connectivity index (χ1v) is 7.80. The van der Waals surface area contributed by atoms with E-state index in [4.69, 9.17) is 14.2 Å². The molecule has 1 fully saturated rings. The van der Waals surface area contributed by atoms with Gasteiger partial charge < -0.3 is 19.3 Å². The minimum atomic E-state index is -0.408. The Morgan fingerprint density at radius 1 is 1.32 bits per heavy atom. The molecule has 3 aliphatic heterocycles. The monoisotopic (exact) mass is 301 g/mol. The van der Waals surface area contributed by atoms with Crippen LogP contribution in [0.1, 0.15) is 24.0 Å². The number of hydrogen-bond acceptors (Lipinski definition) is 5. The molecular formula is C17H19NO4. The number of rotatable bonds is 1. The summed E-state index contributed by atoms with van der Waals surface area (Å²) in [5.41, 5.74) is 2.38. The van der Waals surface area contributed by atoms with Gasteiger partial charge >= 0.3 is 0 Å². The van der Waals surface area contributed by atoms with Gasteiger partial charge in [0.2, 0.25) is 6.79 Å². The minimum Gasteiger partial charge on any atom is -0.454 e. The summed E-state index contributed by atoms with van der Waals surface area (Å²) in [6.45, 7) is 1.05. The lowest BCUT2D eigenvalue weighted by Gasteiger charge is -2.45. The van der Waals surface area contributed by atoms with E-state index in [9.17, 15) is 5.11 Å². The van der Waals surface area contributed by atoms with Gasteiger partial charge in [0, 0.05) is 31.5 Å². The van der Waals surface area contributed by atoms with Crippen LogP contribution in [-0.4, -0.2) is 42.3 Å². The van der Waals surface area contributed by atoms with E-state index in [1.165, 1.54) is 11.1 Å². The average Bonchev–Trinajstić information content (AvgIpc) is 3.06. The van der Waals surface area contributed by atoms with Crippen molar-refractivity contribution in [1.29, 1.82) is 0 Å². The largest absolute Gasteiger partial charge is 0.454 e. The van der Waals surface area contributed by atoms with Crippen LogP contribution in [0.15, 0.2) is 24.3 Å². The number of benzene rings is 1. The molecular weight excluding hydrogens is 282 g/mol. The van der Waals surface area contributed by atoms with Crippen LogP contribution < -0.4 is 9.47 Å². The lowest BCUT2D eigenvalue weighted by molar-refractivity contribution is -0.00714. The fraction of sp³-hybridized carbons (Fsp3) is 0.529. The molecule has 0 amide bonds. The Morgan fingerprint density at radius 2 is 2.14 bits per heavy atom. The van der Waals surface area contributed by atoms with Gasteiger partial charge in [-0.15, -0.1) is 0 Å². The van der Waals surface area contributed by atoms with E-state index in [1.54, 1.807) is 7.11 Å². The maximum Gasteiger partial charge on any atom is 0.231 e. The summed E-state index contributed by atoms with van der Waals surface area (Å²) in [5, 5.41) is 10.6. The number of nitrogens with zero attached hydrogens (tertiary/aromatic N) is 1. The third-order valence-corrected chi connectivity index (χ3v) is 5.72. The topological polar surface area (TPSA) is 51.2 Å². The smallest absolute Gasteiger partial charge is 0.231 e. The summed E-state index contributed by atoms with van der Waals surface area (Å²) in [5.74, 6) is 1.64. The zero-order valence-corrected chi connectivity index (χ0v) is 12.5. The number of hydrogen-bond donors (Lipinski definition) is 1. The van der Waals surface area contributed by atoms with Crippen molar-refractivity contribution in [3.05, 3.63) is 35.4 Å². The zero-order chi connectivity index (χ0) is 14.9. The van der Waals surface area contributed by atoms with Gasteiger partial charge in [-0.1, -0.05) is 12.2 Å². The number of methoxy groups -OCH3 is 1. The van der Waals surface area contributed by atoms with E-state index in [2.05, 4.69) is 29.2 Å². The second-order valence-corrected chi connectivity index (χ2v) is 6.64. The van der Waals surface area contributed by atoms with Crippen LogP contribution in [-0.2, 0) is 16.7 Å². The summed E-state index contributed by atoms with van der Waals surface area (Å²) in [4.78, 5) is 2.21. The number of aliphatic hydroxyl groups is 1. The van der Waals surface area contributed by atoms with Crippen molar-refractivity contribution in [2.24, 2.45) is 0 Å². The number of ether oxygens (including phenoxy) is 3. The van der Waals surface area contributed by atoms with Crippen molar-refractivity contribution in [2.45, 2.75) is 43.2 Å². The highest BCUT2D eigenvalue weighted by Crippen LogP contribution is 2.55. The normalized spacial score (nSPS) is 40.5. The fourth-order valence-electron chi connectivity index (χ4n) is 4.68. The van der Waals surface area contributed by atoms with Crippen molar-refractivity contribution >= 4 is 0 Å². The minimum absolute atomic E-state index is 0.126. The third-order valence-electron chi connectivity index (χ3n) is 5.72. The highest BCUT2D eigenvalue weighted by Gasteiger charge is 2.57. The highest BCUT2D eigenvalue weighted by molar-refractivity contribution is 5.55. The van der Waals surface area contributed by atoms with Gasteiger partial charge in [-0.05, 0) is 29.7 Å². The van der Waals surface area contributed by atoms with Gasteiger partial charge in [0.1, 0.15) is 6.23 Å².